The maximum absolute atomic E-state index is 12.1. The number of benzene rings is 1. The number of halogens is 3. The SMILES string of the molecule is N/C=C\C=C(/N)Cc1ccc(OS(=O)(=O)C(F)(F)F)cc1. The highest BCUT2D eigenvalue weighted by Gasteiger charge is 2.48. The summed E-state index contributed by atoms with van der Waals surface area (Å²) in [7, 11) is -5.66. The first kappa shape index (κ1) is 16.9. The molecular weight excluding hydrogens is 309 g/mol. The molecule has 0 bridgehead atoms. The van der Waals surface area contributed by atoms with Crippen molar-refractivity contribution in [3.05, 3.63) is 53.9 Å². The predicted molar refractivity (Wildman–Crippen MR) is 71.3 cm³/mol. The quantitative estimate of drug-likeness (QED) is 0.489. The van der Waals surface area contributed by atoms with E-state index in [-0.39, 0.29) is 0 Å². The van der Waals surface area contributed by atoms with Gasteiger partial charge in [-0.05, 0) is 36.0 Å². The van der Waals surface area contributed by atoms with E-state index < -0.39 is 21.4 Å². The molecule has 9 heteroatoms. The van der Waals surface area contributed by atoms with E-state index in [1.54, 1.807) is 6.08 Å². The minimum absolute atomic E-state index is 0.330. The second-order valence-corrected chi connectivity index (χ2v) is 5.47. The van der Waals surface area contributed by atoms with Crippen molar-refractivity contribution in [2.75, 3.05) is 0 Å². The van der Waals surface area contributed by atoms with Crippen LogP contribution >= 0.6 is 0 Å². The first-order chi connectivity index (χ1) is 9.65. The fraction of sp³-hybridized carbons (Fsp3) is 0.167. The molecule has 0 heterocycles. The summed E-state index contributed by atoms with van der Waals surface area (Å²) in [4.78, 5) is 0. The van der Waals surface area contributed by atoms with Crippen molar-refractivity contribution in [2.45, 2.75) is 11.9 Å². The van der Waals surface area contributed by atoms with Crippen molar-refractivity contribution in [3.8, 4) is 5.75 Å². The molecule has 0 saturated heterocycles. The molecule has 1 aromatic carbocycles. The van der Waals surface area contributed by atoms with Crippen molar-refractivity contribution in [3.63, 3.8) is 0 Å². The minimum atomic E-state index is -5.66. The van der Waals surface area contributed by atoms with Crippen LogP contribution in [0.5, 0.6) is 5.75 Å². The Morgan fingerprint density at radius 1 is 1.24 bits per heavy atom. The molecule has 0 aliphatic rings. The summed E-state index contributed by atoms with van der Waals surface area (Å²) in [6, 6.07) is 5.05. The van der Waals surface area contributed by atoms with Crippen LogP contribution in [0.4, 0.5) is 13.2 Å². The molecule has 4 N–H and O–H groups in total. The number of rotatable bonds is 5. The Morgan fingerprint density at radius 3 is 2.29 bits per heavy atom. The Kier molecular flexibility index (Phi) is 5.25. The third-order valence-corrected chi connectivity index (χ3v) is 3.22. The van der Waals surface area contributed by atoms with E-state index in [2.05, 4.69) is 4.18 Å². The van der Waals surface area contributed by atoms with E-state index in [4.69, 9.17) is 11.5 Å². The maximum atomic E-state index is 12.1. The van der Waals surface area contributed by atoms with Crippen molar-refractivity contribution >= 4 is 10.1 Å². The van der Waals surface area contributed by atoms with Gasteiger partial charge in [-0.1, -0.05) is 12.1 Å². The maximum Gasteiger partial charge on any atom is 0.534 e. The van der Waals surface area contributed by atoms with Gasteiger partial charge in [0, 0.05) is 12.1 Å². The number of hydrogen-bond acceptors (Lipinski definition) is 5. The summed E-state index contributed by atoms with van der Waals surface area (Å²) in [5.41, 5.74) is 6.49. The van der Waals surface area contributed by atoms with Crippen LogP contribution < -0.4 is 15.7 Å². The van der Waals surface area contributed by atoms with Crippen LogP contribution in [-0.2, 0) is 16.5 Å². The van der Waals surface area contributed by atoms with Crippen LogP contribution in [0, 0.1) is 0 Å². The van der Waals surface area contributed by atoms with Crippen molar-refractivity contribution < 1.29 is 25.8 Å². The molecule has 0 fully saturated rings. The molecule has 116 valence electrons. The Bertz CT molecular complexity index is 635. The van der Waals surface area contributed by atoms with Gasteiger partial charge in [-0.15, -0.1) is 0 Å². The van der Waals surface area contributed by atoms with E-state index in [0.717, 1.165) is 12.1 Å². The summed E-state index contributed by atoms with van der Waals surface area (Å²) in [5, 5.41) is 0. The van der Waals surface area contributed by atoms with Gasteiger partial charge < -0.3 is 15.7 Å². The monoisotopic (exact) mass is 322 g/mol. The van der Waals surface area contributed by atoms with Crippen LogP contribution in [0.3, 0.4) is 0 Å². The second-order valence-electron chi connectivity index (χ2n) is 3.93. The molecule has 1 aromatic rings. The lowest BCUT2D eigenvalue weighted by atomic mass is 10.1. The molecule has 0 radical (unpaired) electrons. The van der Waals surface area contributed by atoms with Crippen LogP contribution in [0.2, 0.25) is 0 Å². The molecule has 0 saturated carbocycles. The smallest absolute Gasteiger partial charge is 0.405 e. The van der Waals surface area contributed by atoms with E-state index in [9.17, 15) is 21.6 Å². The summed E-state index contributed by atoms with van der Waals surface area (Å²) in [5.74, 6) is -0.430. The Balaban J connectivity index is 2.80. The lowest BCUT2D eigenvalue weighted by Gasteiger charge is -2.09. The highest BCUT2D eigenvalue weighted by atomic mass is 32.2. The van der Waals surface area contributed by atoms with Crippen molar-refractivity contribution in [2.24, 2.45) is 11.5 Å². The molecule has 0 amide bonds. The second kappa shape index (κ2) is 6.53. The third-order valence-electron chi connectivity index (χ3n) is 2.24. The fourth-order valence-corrected chi connectivity index (χ4v) is 1.77. The standard InChI is InChI=1S/C12H13F3N2O3S/c13-12(14,15)21(18,19)20-11-5-3-9(4-6-11)8-10(17)2-1-7-16/h1-7H,8,16-17H2/b7-1-,10-2-. The molecule has 0 aliphatic heterocycles. The Hall–Kier alpha value is -2.16. The predicted octanol–water partition coefficient (Wildman–Crippen LogP) is 1.77. The van der Waals surface area contributed by atoms with E-state index in [0.29, 0.717) is 17.7 Å². The van der Waals surface area contributed by atoms with Gasteiger partial charge in [0.2, 0.25) is 0 Å². The normalized spacial score (nSPS) is 13.6. The van der Waals surface area contributed by atoms with Crippen LogP contribution in [-0.4, -0.2) is 13.9 Å². The number of nitrogens with two attached hydrogens (primary N) is 2. The largest absolute Gasteiger partial charge is 0.534 e. The highest BCUT2D eigenvalue weighted by molar-refractivity contribution is 7.87. The molecule has 0 unspecified atom stereocenters. The van der Waals surface area contributed by atoms with Crippen molar-refractivity contribution in [1.82, 2.24) is 0 Å². The van der Waals surface area contributed by atoms with Gasteiger partial charge in [-0.25, -0.2) is 0 Å². The first-order valence-corrected chi connectivity index (χ1v) is 6.99. The zero-order valence-corrected chi connectivity index (χ0v) is 11.5. The van der Waals surface area contributed by atoms with Gasteiger partial charge in [0.05, 0.1) is 0 Å². The number of hydrogen-bond donors (Lipinski definition) is 2. The zero-order valence-electron chi connectivity index (χ0n) is 10.7. The van der Waals surface area contributed by atoms with Gasteiger partial charge >= 0.3 is 15.6 Å². The highest BCUT2D eigenvalue weighted by Crippen LogP contribution is 2.27. The van der Waals surface area contributed by atoms with E-state index in [1.807, 2.05) is 0 Å². The van der Waals surface area contributed by atoms with Gasteiger partial charge in [-0.2, -0.15) is 21.6 Å². The number of alkyl halides is 3. The lowest BCUT2D eigenvalue weighted by Crippen LogP contribution is -2.28. The average molecular weight is 322 g/mol. The zero-order chi connectivity index (χ0) is 16.1. The van der Waals surface area contributed by atoms with Gasteiger partial charge in [0.15, 0.2) is 0 Å². The first-order valence-electron chi connectivity index (χ1n) is 5.58. The Labute approximate surface area is 119 Å². The van der Waals surface area contributed by atoms with Gasteiger partial charge in [0.25, 0.3) is 0 Å². The van der Waals surface area contributed by atoms with E-state index >= 15 is 0 Å². The molecule has 1 rings (SSSR count). The summed E-state index contributed by atoms with van der Waals surface area (Å²) in [6.07, 6.45) is 4.73. The summed E-state index contributed by atoms with van der Waals surface area (Å²) in [6.45, 7) is 0. The van der Waals surface area contributed by atoms with E-state index in [1.165, 1.54) is 24.4 Å². The molecular formula is C12H13F3N2O3S. The molecule has 0 spiro atoms. The van der Waals surface area contributed by atoms with Gasteiger partial charge in [0.1, 0.15) is 5.75 Å². The van der Waals surface area contributed by atoms with Crippen LogP contribution in [0.1, 0.15) is 5.56 Å². The van der Waals surface area contributed by atoms with Crippen LogP contribution in [0.25, 0.3) is 0 Å². The summed E-state index contributed by atoms with van der Waals surface area (Å²) < 4.78 is 62.0. The van der Waals surface area contributed by atoms with Crippen molar-refractivity contribution in [1.29, 1.82) is 0 Å². The molecule has 0 aromatic heterocycles. The van der Waals surface area contributed by atoms with Gasteiger partial charge in [-0.3, -0.25) is 0 Å². The summed E-state index contributed by atoms with van der Waals surface area (Å²) >= 11 is 0. The average Bonchev–Trinajstić information content (AvgIpc) is 2.37. The third kappa shape index (κ3) is 5.03. The topological polar surface area (TPSA) is 95.4 Å². The van der Waals surface area contributed by atoms with Crippen LogP contribution in [0.15, 0.2) is 48.3 Å². The molecule has 5 nitrogen and oxygen atoms in total. The lowest BCUT2D eigenvalue weighted by molar-refractivity contribution is -0.0500. The number of allylic oxidation sites excluding steroid dienone is 3. The fourth-order valence-electron chi connectivity index (χ4n) is 1.31. The minimum Gasteiger partial charge on any atom is -0.405 e. The molecule has 0 atom stereocenters. The Morgan fingerprint density at radius 2 is 1.81 bits per heavy atom. The molecule has 0 aliphatic carbocycles. The molecule has 21 heavy (non-hydrogen) atoms.